The van der Waals surface area contributed by atoms with Crippen LogP contribution in [0.2, 0.25) is 0 Å². The first kappa shape index (κ1) is 10.8. The number of aliphatic hydroxyl groups is 1. The third-order valence-corrected chi connectivity index (χ3v) is 4.50. The van der Waals surface area contributed by atoms with Gasteiger partial charge in [0.05, 0.1) is 0 Å². The van der Waals surface area contributed by atoms with E-state index in [1.807, 2.05) is 11.3 Å². The molecule has 0 amide bonds. The molecule has 0 saturated heterocycles. The molecule has 0 radical (unpaired) electrons. The Hall–Kier alpha value is -1.38. The number of hydrogen-bond donors (Lipinski definition) is 1. The fourth-order valence-corrected chi connectivity index (χ4v) is 3.57. The summed E-state index contributed by atoms with van der Waals surface area (Å²) in [5.41, 5.74) is 2.58. The van der Waals surface area contributed by atoms with Gasteiger partial charge in [0.1, 0.15) is 0 Å². The van der Waals surface area contributed by atoms with Crippen LogP contribution in [0.3, 0.4) is 0 Å². The topological polar surface area (TPSA) is 20.2 Å². The van der Waals surface area contributed by atoms with Crippen molar-refractivity contribution < 1.29 is 5.11 Å². The lowest BCUT2D eigenvalue weighted by molar-refractivity contribution is 0.300. The van der Waals surface area contributed by atoms with Crippen LogP contribution >= 0.6 is 11.3 Å². The molecule has 86 valence electrons. The highest BCUT2D eigenvalue weighted by Crippen LogP contribution is 2.37. The van der Waals surface area contributed by atoms with E-state index in [2.05, 4.69) is 43.3 Å². The summed E-state index contributed by atoms with van der Waals surface area (Å²) in [6.45, 7) is 2.36. The zero-order chi connectivity index (χ0) is 11.8. The Morgan fingerprint density at radius 3 is 2.76 bits per heavy atom. The van der Waals surface area contributed by atoms with E-state index in [1.54, 1.807) is 0 Å². The van der Waals surface area contributed by atoms with Gasteiger partial charge < -0.3 is 5.11 Å². The van der Waals surface area contributed by atoms with E-state index in [0.29, 0.717) is 0 Å². The fourth-order valence-electron chi connectivity index (χ4n) is 2.36. The monoisotopic (exact) mass is 242 g/mol. The van der Waals surface area contributed by atoms with Gasteiger partial charge in [-0.3, -0.25) is 0 Å². The smallest absolute Gasteiger partial charge is 0.0471 e. The minimum absolute atomic E-state index is 0.211. The summed E-state index contributed by atoms with van der Waals surface area (Å²) in [6, 6.07) is 12.8. The lowest BCUT2D eigenvalue weighted by Crippen LogP contribution is -1.91. The maximum Gasteiger partial charge on any atom is 0.0471 e. The van der Waals surface area contributed by atoms with Crippen molar-refractivity contribution in [1.29, 1.82) is 0 Å². The van der Waals surface area contributed by atoms with Crippen LogP contribution in [0.5, 0.6) is 0 Å². The van der Waals surface area contributed by atoms with Crippen molar-refractivity contribution in [3.8, 4) is 0 Å². The van der Waals surface area contributed by atoms with Gasteiger partial charge in [0.2, 0.25) is 0 Å². The number of aliphatic hydroxyl groups excluding tert-OH is 1. The van der Waals surface area contributed by atoms with E-state index >= 15 is 0 Å². The third kappa shape index (κ3) is 1.65. The highest BCUT2D eigenvalue weighted by atomic mass is 32.1. The molecule has 0 aliphatic rings. The molecule has 17 heavy (non-hydrogen) atoms. The number of aryl methyl sites for hydroxylation is 1. The van der Waals surface area contributed by atoms with E-state index in [4.69, 9.17) is 5.11 Å². The molecule has 0 atom stereocenters. The molecular weight excluding hydrogens is 228 g/mol. The molecular formula is C15H14OS. The molecule has 2 aromatic carbocycles. The summed E-state index contributed by atoms with van der Waals surface area (Å²) in [5.74, 6) is 0. The Kier molecular flexibility index (Phi) is 2.61. The predicted molar refractivity (Wildman–Crippen MR) is 74.9 cm³/mol. The normalized spacial score (nSPS) is 11.4. The van der Waals surface area contributed by atoms with Crippen molar-refractivity contribution >= 4 is 31.5 Å². The lowest BCUT2D eigenvalue weighted by atomic mass is 10.0. The van der Waals surface area contributed by atoms with Crippen molar-refractivity contribution in [2.45, 2.75) is 13.3 Å². The quantitative estimate of drug-likeness (QED) is 0.722. The van der Waals surface area contributed by atoms with E-state index in [1.165, 1.54) is 31.3 Å². The lowest BCUT2D eigenvalue weighted by Gasteiger charge is -2.04. The highest BCUT2D eigenvalue weighted by Gasteiger charge is 2.10. The first-order chi connectivity index (χ1) is 8.31. The number of hydrogen-bond acceptors (Lipinski definition) is 2. The largest absolute Gasteiger partial charge is 0.396 e. The van der Waals surface area contributed by atoms with Gasteiger partial charge in [0.25, 0.3) is 0 Å². The Bertz CT molecular complexity index is 682. The second-order valence-corrected chi connectivity index (χ2v) is 5.37. The van der Waals surface area contributed by atoms with Crippen LogP contribution in [0.4, 0.5) is 0 Å². The van der Waals surface area contributed by atoms with Gasteiger partial charge in [0, 0.05) is 26.8 Å². The van der Waals surface area contributed by atoms with Gasteiger partial charge in [-0.1, -0.05) is 30.3 Å². The first-order valence-electron chi connectivity index (χ1n) is 5.82. The first-order valence-corrected chi connectivity index (χ1v) is 6.63. The van der Waals surface area contributed by atoms with Crippen molar-refractivity contribution in [3.63, 3.8) is 0 Å². The molecule has 0 saturated carbocycles. The standard InChI is InChI=1S/C15H14OS/c1-10-6-7-11(8-9-16)14-12-4-2-3-5-13(12)17-15(10)14/h2-7,16H,8-9H2,1H3. The van der Waals surface area contributed by atoms with E-state index in [9.17, 15) is 0 Å². The van der Waals surface area contributed by atoms with E-state index < -0.39 is 0 Å². The van der Waals surface area contributed by atoms with Gasteiger partial charge in [-0.15, -0.1) is 11.3 Å². The molecule has 1 aromatic heterocycles. The zero-order valence-corrected chi connectivity index (χ0v) is 10.6. The summed E-state index contributed by atoms with van der Waals surface area (Å²) < 4.78 is 2.69. The van der Waals surface area contributed by atoms with E-state index in [0.717, 1.165) is 6.42 Å². The van der Waals surface area contributed by atoms with Crippen LogP contribution in [0, 0.1) is 6.92 Å². The second kappa shape index (κ2) is 4.13. The summed E-state index contributed by atoms with van der Waals surface area (Å²) >= 11 is 1.85. The summed E-state index contributed by atoms with van der Waals surface area (Å²) in [7, 11) is 0. The van der Waals surface area contributed by atoms with Crippen LogP contribution < -0.4 is 0 Å². The predicted octanol–water partition coefficient (Wildman–Crippen LogP) is 3.90. The van der Waals surface area contributed by atoms with Crippen LogP contribution in [0.15, 0.2) is 36.4 Å². The Morgan fingerprint density at radius 2 is 1.94 bits per heavy atom. The van der Waals surface area contributed by atoms with Crippen LogP contribution in [0.25, 0.3) is 20.2 Å². The van der Waals surface area contributed by atoms with Gasteiger partial charge in [0.15, 0.2) is 0 Å². The Balaban J connectivity index is 2.47. The minimum Gasteiger partial charge on any atom is -0.396 e. The van der Waals surface area contributed by atoms with Gasteiger partial charge in [-0.2, -0.15) is 0 Å². The van der Waals surface area contributed by atoms with Crippen LogP contribution in [0.1, 0.15) is 11.1 Å². The average molecular weight is 242 g/mol. The average Bonchev–Trinajstić information content (AvgIpc) is 2.73. The van der Waals surface area contributed by atoms with Gasteiger partial charge >= 0.3 is 0 Å². The molecule has 0 spiro atoms. The minimum atomic E-state index is 0.211. The SMILES string of the molecule is Cc1ccc(CCO)c2c1sc1ccccc12. The molecule has 3 rings (SSSR count). The molecule has 2 heteroatoms. The number of rotatable bonds is 2. The molecule has 1 N–H and O–H groups in total. The van der Waals surface area contributed by atoms with Crippen molar-refractivity contribution in [2.75, 3.05) is 6.61 Å². The maximum absolute atomic E-state index is 9.16. The Morgan fingerprint density at radius 1 is 1.12 bits per heavy atom. The van der Waals surface area contributed by atoms with Crippen LogP contribution in [-0.4, -0.2) is 11.7 Å². The summed E-state index contributed by atoms with van der Waals surface area (Å²) in [4.78, 5) is 0. The van der Waals surface area contributed by atoms with Crippen molar-refractivity contribution in [1.82, 2.24) is 0 Å². The molecule has 0 fully saturated rings. The number of thiophene rings is 1. The molecule has 1 heterocycles. The van der Waals surface area contributed by atoms with Crippen molar-refractivity contribution in [2.24, 2.45) is 0 Å². The summed E-state index contributed by atoms with van der Waals surface area (Å²) in [5, 5.41) is 11.8. The molecule has 0 unspecified atom stereocenters. The number of fused-ring (bicyclic) bond motifs is 3. The Labute approximate surface area is 104 Å². The fraction of sp³-hybridized carbons (Fsp3) is 0.200. The maximum atomic E-state index is 9.16. The molecule has 0 aliphatic carbocycles. The van der Waals surface area contributed by atoms with E-state index in [-0.39, 0.29) is 6.61 Å². The van der Waals surface area contributed by atoms with Gasteiger partial charge in [-0.25, -0.2) is 0 Å². The molecule has 1 nitrogen and oxygen atoms in total. The molecule has 0 bridgehead atoms. The highest BCUT2D eigenvalue weighted by molar-refractivity contribution is 7.26. The second-order valence-electron chi connectivity index (χ2n) is 4.32. The zero-order valence-electron chi connectivity index (χ0n) is 9.73. The molecule has 3 aromatic rings. The number of benzene rings is 2. The third-order valence-electron chi connectivity index (χ3n) is 3.19. The van der Waals surface area contributed by atoms with Crippen molar-refractivity contribution in [3.05, 3.63) is 47.5 Å². The summed E-state index contributed by atoms with van der Waals surface area (Å²) in [6.07, 6.45) is 0.734. The van der Waals surface area contributed by atoms with Crippen LogP contribution in [-0.2, 0) is 6.42 Å². The van der Waals surface area contributed by atoms with Gasteiger partial charge in [-0.05, 0) is 30.5 Å². The molecule has 0 aliphatic heterocycles.